The zero-order chi connectivity index (χ0) is 13.1. The van der Waals surface area contributed by atoms with E-state index in [1.165, 1.54) is 0 Å². The van der Waals surface area contributed by atoms with Crippen molar-refractivity contribution < 1.29 is 9.53 Å². The summed E-state index contributed by atoms with van der Waals surface area (Å²) in [4.78, 5) is 18.0. The molecule has 0 spiro atoms. The average Bonchev–Trinajstić information content (AvgIpc) is 2.36. The number of Topliss-reactive ketones (excluding diaryl/α,β-unsaturated/α-hetero) is 1. The summed E-state index contributed by atoms with van der Waals surface area (Å²) >= 11 is 0. The van der Waals surface area contributed by atoms with Gasteiger partial charge in [0, 0.05) is 49.8 Å². The summed E-state index contributed by atoms with van der Waals surface area (Å²) in [5, 5.41) is 0. The molecule has 1 aromatic rings. The second-order valence-corrected chi connectivity index (χ2v) is 4.86. The highest BCUT2D eigenvalue weighted by atomic mass is 16.5. The van der Waals surface area contributed by atoms with E-state index in [0.717, 1.165) is 42.2 Å². The van der Waals surface area contributed by atoms with Gasteiger partial charge in [-0.3, -0.25) is 14.7 Å². The number of nitrogens with zero attached hydrogens (tertiary/aromatic N) is 2. The zero-order valence-electron chi connectivity index (χ0n) is 11.3. The van der Waals surface area contributed by atoms with Crippen LogP contribution < -0.4 is 4.74 Å². The Morgan fingerprint density at radius 2 is 2.00 bits per heavy atom. The van der Waals surface area contributed by atoms with Crippen LogP contribution in [0.5, 0.6) is 5.75 Å². The maximum Gasteiger partial charge on any atom is 0.135 e. The van der Waals surface area contributed by atoms with Gasteiger partial charge >= 0.3 is 0 Å². The molecule has 0 unspecified atom stereocenters. The predicted molar refractivity (Wildman–Crippen MR) is 69.8 cm³/mol. The van der Waals surface area contributed by atoms with Crippen molar-refractivity contribution in [3.63, 3.8) is 0 Å². The number of rotatable bonds is 3. The van der Waals surface area contributed by atoms with E-state index < -0.39 is 0 Å². The standard InChI is InChI=1S/C14H20N2O2/c1-10-8-15-13(11(2)14(10)18-3)9-16-6-4-12(17)5-7-16/h8H,4-7,9H2,1-3H3. The monoisotopic (exact) mass is 248 g/mol. The van der Waals surface area contributed by atoms with Gasteiger partial charge in [-0.15, -0.1) is 0 Å². The maximum atomic E-state index is 11.2. The number of methoxy groups -OCH3 is 1. The lowest BCUT2D eigenvalue weighted by molar-refractivity contribution is -0.121. The van der Waals surface area contributed by atoms with Crippen LogP contribution in [-0.2, 0) is 11.3 Å². The minimum Gasteiger partial charge on any atom is -0.496 e. The van der Waals surface area contributed by atoms with Gasteiger partial charge in [0.1, 0.15) is 11.5 Å². The molecule has 1 fully saturated rings. The lowest BCUT2D eigenvalue weighted by Crippen LogP contribution is -2.33. The summed E-state index contributed by atoms with van der Waals surface area (Å²) in [6.07, 6.45) is 3.19. The molecule has 0 aromatic carbocycles. The number of aromatic nitrogens is 1. The van der Waals surface area contributed by atoms with E-state index in [4.69, 9.17) is 4.74 Å². The first-order valence-corrected chi connectivity index (χ1v) is 6.35. The van der Waals surface area contributed by atoms with Gasteiger partial charge in [-0.05, 0) is 13.8 Å². The molecule has 1 aliphatic rings. The molecule has 2 heterocycles. The molecule has 1 aliphatic heterocycles. The zero-order valence-corrected chi connectivity index (χ0v) is 11.3. The van der Waals surface area contributed by atoms with E-state index >= 15 is 0 Å². The number of carbonyl (C=O) groups excluding carboxylic acids is 1. The number of likely N-dealkylation sites (tertiary alicyclic amines) is 1. The topological polar surface area (TPSA) is 42.4 Å². The van der Waals surface area contributed by atoms with Crippen molar-refractivity contribution in [3.05, 3.63) is 23.0 Å². The van der Waals surface area contributed by atoms with Crippen molar-refractivity contribution in [2.75, 3.05) is 20.2 Å². The van der Waals surface area contributed by atoms with Crippen LogP contribution >= 0.6 is 0 Å². The van der Waals surface area contributed by atoms with Crippen molar-refractivity contribution in [1.82, 2.24) is 9.88 Å². The van der Waals surface area contributed by atoms with Crippen LogP contribution in [-0.4, -0.2) is 35.9 Å². The number of ether oxygens (including phenoxy) is 1. The predicted octanol–water partition coefficient (Wildman–Crippen LogP) is 1.87. The van der Waals surface area contributed by atoms with E-state index in [1.54, 1.807) is 7.11 Å². The molecule has 4 nitrogen and oxygen atoms in total. The first kappa shape index (κ1) is 13.0. The first-order valence-electron chi connectivity index (χ1n) is 6.35. The van der Waals surface area contributed by atoms with Gasteiger partial charge in [-0.2, -0.15) is 0 Å². The molecule has 98 valence electrons. The molecule has 0 radical (unpaired) electrons. The third-order valence-corrected chi connectivity index (χ3v) is 3.54. The van der Waals surface area contributed by atoms with E-state index in [-0.39, 0.29) is 0 Å². The minimum absolute atomic E-state index is 0.373. The Labute approximate surface area is 108 Å². The molecule has 18 heavy (non-hydrogen) atoms. The quantitative estimate of drug-likeness (QED) is 0.819. The number of carbonyl (C=O) groups is 1. The SMILES string of the molecule is COc1c(C)cnc(CN2CCC(=O)CC2)c1C. The molecular weight excluding hydrogens is 228 g/mol. The highest BCUT2D eigenvalue weighted by Gasteiger charge is 2.18. The Balaban J connectivity index is 2.12. The van der Waals surface area contributed by atoms with Gasteiger partial charge < -0.3 is 4.74 Å². The lowest BCUT2D eigenvalue weighted by Gasteiger charge is -2.26. The van der Waals surface area contributed by atoms with Crippen LogP contribution in [0.25, 0.3) is 0 Å². The van der Waals surface area contributed by atoms with E-state index in [9.17, 15) is 4.79 Å². The van der Waals surface area contributed by atoms with Gasteiger partial charge in [-0.1, -0.05) is 0 Å². The van der Waals surface area contributed by atoms with Crippen LogP contribution in [0, 0.1) is 13.8 Å². The Morgan fingerprint density at radius 3 is 2.61 bits per heavy atom. The molecule has 0 bridgehead atoms. The molecule has 0 saturated carbocycles. The van der Waals surface area contributed by atoms with Crippen molar-refractivity contribution >= 4 is 5.78 Å². The average molecular weight is 248 g/mol. The number of hydrogen-bond acceptors (Lipinski definition) is 4. The lowest BCUT2D eigenvalue weighted by atomic mass is 10.1. The molecule has 0 N–H and O–H groups in total. The summed E-state index contributed by atoms with van der Waals surface area (Å²) in [5.74, 6) is 1.30. The Bertz CT molecular complexity index is 447. The first-order chi connectivity index (χ1) is 8.61. The van der Waals surface area contributed by atoms with Crippen molar-refractivity contribution in [2.45, 2.75) is 33.2 Å². The summed E-state index contributed by atoms with van der Waals surface area (Å²) in [6.45, 7) is 6.54. The molecule has 0 aliphatic carbocycles. The van der Waals surface area contributed by atoms with Crippen LogP contribution in [0.15, 0.2) is 6.20 Å². The second-order valence-electron chi connectivity index (χ2n) is 4.86. The van der Waals surface area contributed by atoms with Gasteiger partial charge in [0.25, 0.3) is 0 Å². The number of hydrogen-bond donors (Lipinski definition) is 0. The normalized spacial score (nSPS) is 16.9. The smallest absolute Gasteiger partial charge is 0.135 e. The maximum absolute atomic E-state index is 11.2. The summed E-state index contributed by atoms with van der Waals surface area (Å²) in [7, 11) is 1.69. The van der Waals surface area contributed by atoms with Crippen LogP contribution in [0.2, 0.25) is 0 Å². The van der Waals surface area contributed by atoms with Crippen LogP contribution in [0.4, 0.5) is 0 Å². The number of pyridine rings is 1. The second kappa shape index (κ2) is 5.48. The van der Waals surface area contributed by atoms with Crippen molar-refractivity contribution in [3.8, 4) is 5.75 Å². The number of aryl methyl sites for hydroxylation is 1. The molecule has 1 aromatic heterocycles. The fraction of sp³-hybridized carbons (Fsp3) is 0.571. The molecule has 2 rings (SSSR count). The van der Waals surface area contributed by atoms with E-state index in [1.807, 2.05) is 20.0 Å². The third kappa shape index (κ3) is 2.70. The molecule has 0 amide bonds. The van der Waals surface area contributed by atoms with Gasteiger partial charge in [-0.25, -0.2) is 0 Å². The Morgan fingerprint density at radius 1 is 1.33 bits per heavy atom. The number of piperidine rings is 1. The Hall–Kier alpha value is -1.42. The Kier molecular flexibility index (Phi) is 3.97. The summed E-state index contributed by atoms with van der Waals surface area (Å²) in [6, 6.07) is 0. The molecule has 4 heteroatoms. The van der Waals surface area contributed by atoms with Crippen LogP contribution in [0.3, 0.4) is 0 Å². The van der Waals surface area contributed by atoms with Gasteiger partial charge in [0.15, 0.2) is 0 Å². The van der Waals surface area contributed by atoms with Crippen molar-refractivity contribution in [2.24, 2.45) is 0 Å². The molecule has 0 atom stereocenters. The molecule has 1 saturated heterocycles. The summed E-state index contributed by atoms with van der Waals surface area (Å²) in [5.41, 5.74) is 3.22. The highest BCUT2D eigenvalue weighted by molar-refractivity contribution is 5.79. The third-order valence-electron chi connectivity index (χ3n) is 3.54. The van der Waals surface area contributed by atoms with E-state index in [2.05, 4.69) is 9.88 Å². The van der Waals surface area contributed by atoms with Gasteiger partial charge in [0.2, 0.25) is 0 Å². The number of ketones is 1. The van der Waals surface area contributed by atoms with Crippen LogP contribution in [0.1, 0.15) is 29.7 Å². The van der Waals surface area contributed by atoms with E-state index in [0.29, 0.717) is 18.6 Å². The minimum atomic E-state index is 0.373. The van der Waals surface area contributed by atoms with Gasteiger partial charge in [0.05, 0.1) is 12.8 Å². The fourth-order valence-electron chi connectivity index (χ4n) is 2.40. The summed E-state index contributed by atoms with van der Waals surface area (Å²) < 4.78 is 5.41. The molecular formula is C14H20N2O2. The highest BCUT2D eigenvalue weighted by Crippen LogP contribution is 2.25. The fourth-order valence-corrected chi connectivity index (χ4v) is 2.40. The largest absolute Gasteiger partial charge is 0.496 e. The van der Waals surface area contributed by atoms with Crippen molar-refractivity contribution in [1.29, 1.82) is 0 Å².